The van der Waals surface area contributed by atoms with Gasteiger partial charge in [0.15, 0.2) is 9.84 Å². The van der Waals surface area contributed by atoms with E-state index < -0.39 is 15.1 Å². The molecule has 2 aliphatic rings. The number of hydrogen-bond donors (Lipinski definition) is 0. The second-order valence-electron chi connectivity index (χ2n) is 6.76. The van der Waals surface area contributed by atoms with Gasteiger partial charge in [-0.1, -0.05) is 24.3 Å². The normalized spacial score (nSPS) is 26.9. The molecular weight excluding hydrogens is 352 g/mol. The van der Waals surface area contributed by atoms with Crippen molar-refractivity contribution >= 4 is 15.7 Å². The van der Waals surface area contributed by atoms with Crippen molar-refractivity contribution in [2.75, 3.05) is 18.8 Å². The molecule has 1 aromatic heterocycles. The van der Waals surface area contributed by atoms with Crippen LogP contribution in [0.15, 0.2) is 54.7 Å². The van der Waals surface area contributed by atoms with Gasteiger partial charge in [0.05, 0.1) is 11.0 Å². The zero-order valence-corrected chi connectivity index (χ0v) is 15.0. The molecule has 136 valence electrons. The molecule has 6 nitrogen and oxygen atoms in total. The summed E-state index contributed by atoms with van der Waals surface area (Å²) in [4.78, 5) is 18.6. The summed E-state index contributed by atoms with van der Waals surface area (Å²) >= 11 is 0. The maximum Gasteiger partial charge on any atom is 0.253 e. The largest absolute Gasteiger partial charge is 0.474 e. The molecule has 1 amide bonds. The Balaban J connectivity index is 1.56. The van der Waals surface area contributed by atoms with Crippen LogP contribution >= 0.6 is 0 Å². The molecule has 2 fully saturated rings. The first-order chi connectivity index (χ1) is 12.5. The molecule has 7 heteroatoms. The van der Waals surface area contributed by atoms with E-state index in [-0.39, 0.29) is 30.2 Å². The fraction of sp³-hybridized carbons (Fsp3) is 0.368. The van der Waals surface area contributed by atoms with Crippen LogP contribution in [-0.4, -0.2) is 54.4 Å². The van der Waals surface area contributed by atoms with Crippen molar-refractivity contribution in [3.63, 3.8) is 0 Å². The van der Waals surface area contributed by atoms with Gasteiger partial charge in [-0.25, -0.2) is 13.4 Å². The second kappa shape index (κ2) is 6.72. The molecular formula is C19H20N2O4S. The van der Waals surface area contributed by atoms with Crippen molar-refractivity contribution in [2.45, 2.75) is 17.8 Å². The van der Waals surface area contributed by atoms with Gasteiger partial charge in [-0.2, -0.15) is 0 Å². The number of likely N-dealkylation sites (tertiary alicyclic amines) is 1. The van der Waals surface area contributed by atoms with E-state index in [2.05, 4.69) is 4.98 Å². The molecule has 2 aromatic rings. The van der Waals surface area contributed by atoms with Crippen molar-refractivity contribution in [2.24, 2.45) is 5.92 Å². The summed E-state index contributed by atoms with van der Waals surface area (Å²) in [6.07, 6.45) is 1.81. The lowest BCUT2D eigenvalue weighted by atomic mass is 9.98. The smallest absolute Gasteiger partial charge is 0.253 e. The Morgan fingerprint density at radius 3 is 2.58 bits per heavy atom. The first kappa shape index (κ1) is 17.0. The zero-order chi connectivity index (χ0) is 18.1. The fourth-order valence-electron chi connectivity index (χ4n) is 3.83. The summed E-state index contributed by atoms with van der Waals surface area (Å²) in [6.45, 7) is 0.609. The standard InChI is InChI=1S/C19H20N2O4S/c22-19(14-6-2-1-3-7-14)21-12-15-16(25-18-8-4-5-10-20-18)9-11-26(23,24)17(15)13-21/h1-8,10,15-17H,9,11-13H2. The lowest BCUT2D eigenvalue weighted by molar-refractivity contribution is 0.0760. The Bertz CT molecular complexity index is 886. The number of carbonyl (C=O) groups excluding carboxylic acids is 1. The Morgan fingerprint density at radius 2 is 1.85 bits per heavy atom. The average Bonchev–Trinajstić information content (AvgIpc) is 3.12. The summed E-state index contributed by atoms with van der Waals surface area (Å²) in [7, 11) is -3.23. The zero-order valence-electron chi connectivity index (χ0n) is 14.2. The number of ether oxygens (including phenoxy) is 1. The molecule has 3 heterocycles. The van der Waals surface area contributed by atoms with Gasteiger partial charge in [0.2, 0.25) is 5.88 Å². The van der Waals surface area contributed by atoms with Crippen molar-refractivity contribution in [3.05, 3.63) is 60.3 Å². The number of fused-ring (bicyclic) bond motifs is 1. The SMILES string of the molecule is O=C(c1ccccc1)N1CC2C(Oc3ccccn3)CCS(=O)(=O)C2C1. The van der Waals surface area contributed by atoms with E-state index in [1.807, 2.05) is 12.1 Å². The number of benzene rings is 1. The number of carbonyl (C=O) groups is 1. The molecule has 3 atom stereocenters. The lowest BCUT2D eigenvalue weighted by Crippen LogP contribution is -2.46. The highest BCUT2D eigenvalue weighted by Crippen LogP contribution is 2.35. The topological polar surface area (TPSA) is 76.6 Å². The van der Waals surface area contributed by atoms with Crippen molar-refractivity contribution in [1.82, 2.24) is 9.88 Å². The third-order valence-electron chi connectivity index (χ3n) is 5.15. The number of pyridine rings is 1. The van der Waals surface area contributed by atoms with Gasteiger partial charge in [-0.15, -0.1) is 0 Å². The van der Waals surface area contributed by atoms with Crippen molar-refractivity contribution in [3.8, 4) is 5.88 Å². The van der Waals surface area contributed by atoms with Crippen LogP contribution in [-0.2, 0) is 9.84 Å². The molecule has 26 heavy (non-hydrogen) atoms. The van der Waals surface area contributed by atoms with Gasteiger partial charge in [0.25, 0.3) is 5.91 Å². The number of hydrogen-bond acceptors (Lipinski definition) is 5. The highest BCUT2D eigenvalue weighted by molar-refractivity contribution is 7.92. The molecule has 2 saturated heterocycles. The maximum atomic E-state index is 12.7. The molecule has 0 N–H and O–H groups in total. The van der Waals surface area contributed by atoms with Gasteiger partial charge in [0, 0.05) is 36.8 Å². The van der Waals surface area contributed by atoms with E-state index in [0.717, 1.165) is 0 Å². The summed E-state index contributed by atoms with van der Waals surface area (Å²) in [5.41, 5.74) is 0.575. The maximum absolute atomic E-state index is 12.7. The van der Waals surface area contributed by atoms with E-state index in [1.54, 1.807) is 47.5 Å². The Hall–Kier alpha value is -2.41. The van der Waals surface area contributed by atoms with Gasteiger partial charge in [-0.3, -0.25) is 4.79 Å². The summed E-state index contributed by atoms with van der Waals surface area (Å²) in [6, 6.07) is 14.4. The Morgan fingerprint density at radius 1 is 1.08 bits per heavy atom. The molecule has 4 rings (SSSR count). The first-order valence-electron chi connectivity index (χ1n) is 8.68. The molecule has 0 saturated carbocycles. The van der Waals surface area contributed by atoms with E-state index in [4.69, 9.17) is 4.74 Å². The fourth-order valence-corrected chi connectivity index (χ4v) is 5.89. The minimum absolute atomic E-state index is 0.0824. The predicted octanol–water partition coefficient (Wildman–Crippen LogP) is 1.79. The van der Waals surface area contributed by atoms with E-state index in [0.29, 0.717) is 24.4 Å². The average molecular weight is 372 g/mol. The van der Waals surface area contributed by atoms with Gasteiger partial charge in [-0.05, 0) is 24.6 Å². The minimum atomic E-state index is -3.23. The molecule has 3 unspecified atom stereocenters. The number of amides is 1. The highest BCUT2D eigenvalue weighted by atomic mass is 32.2. The van der Waals surface area contributed by atoms with E-state index in [9.17, 15) is 13.2 Å². The number of sulfone groups is 1. The molecule has 0 spiro atoms. The van der Waals surface area contributed by atoms with Crippen LogP contribution in [0.2, 0.25) is 0 Å². The van der Waals surface area contributed by atoms with E-state index >= 15 is 0 Å². The lowest BCUT2D eigenvalue weighted by Gasteiger charge is -2.32. The van der Waals surface area contributed by atoms with Crippen LogP contribution in [0.5, 0.6) is 5.88 Å². The number of nitrogens with zero attached hydrogens (tertiary/aromatic N) is 2. The third kappa shape index (κ3) is 3.19. The molecule has 1 aromatic carbocycles. The van der Waals surface area contributed by atoms with Crippen molar-refractivity contribution in [1.29, 1.82) is 0 Å². The minimum Gasteiger partial charge on any atom is -0.474 e. The molecule has 0 bridgehead atoms. The van der Waals surface area contributed by atoms with Gasteiger partial charge >= 0.3 is 0 Å². The van der Waals surface area contributed by atoms with Gasteiger partial charge in [0.1, 0.15) is 6.10 Å². The monoisotopic (exact) mass is 372 g/mol. The number of aromatic nitrogens is 1. The van der Waals surface area contributed by atoms with Crippen LogP contribution in [0.25, 0.3) is 0 Å². The second-order valence-corrected chi connectivity index (χ2v) is 9.10. The Kier molecular flexibility index (Phi) is 4.40. The van der Waals surface area contributed by atoms with Crippen molar-refractivity contribution < 1.29 is 17.9 Å². The molecule has 0 aliphatic carbocycles. The van der Waals surface area contributed by atoms with E-state index in [1.165, 1.54) is 0 Å². The molecule has 2 aliphatic heterocycles. The van der Waals surface area contributed by atoms with Crippen LogP contribution < -0.4 is 4.74 Å². The highest BCUT2D eigenvalue weighted by Gasteiger charge is 2.50. The summed E-state index contributed by atoms with van der Waals surface area (Å²) < 4.78 is 31.1. The van der Waals surface area contributed by atoms with Gasteiger partial charge < -0.3 is 9.64 Å². The van der Waals surface area contributed by atoms with Crippen LogP contribution in [0.4, 0.5) is 0 Å². The predicted molar refractivity (Wildman–Crippen MR) is 96.7 cm³/mol. The van der Waals surface area contributed by atoms with Crippen LogP contribution in [0.3, 0.4) is 0 Å². The first-order valence-corrected chi connectivity index (χ1v) is 10.4. The van der Waals surface area contributed by atoms with Crippen LogP contribution in [0.1, 0.15) is 16.8 Å². The summed E-state index contributed by atoms with van der Waals surface area (Å²) in [5.74, 6) is 0.206. The number of rotatable bonds is 3. The molecule has 0 radical (unpaired) electrons. The van der Waals surface area contributed by atoms with Crippen LogP contribution in [0, 0.1) is 5.92 Å². The quantitative estimate of drug-likeness (QED) is 0.821. The Labute approximate surface area is 152 Å². The third-order valence-corrected chi connectivity index (χ3v) is 7.38. The summed E-state index contributed by atoms with van der Waals surface area (Å²) in [5, 5.41) is -0.572.